The van der Waals surface area contributed by atoms with E-state index in [2.05, 4.69) is 15.5 Å². The molecule has 0 spiro atoms. The van der Waals surface area contributed by atoms with Crippen LogP contribution in [0.2, 0.25) is 0 Å². The number of aromatic hydroxyl groups is 1. The highest BCUT2D eigenvalue weighted by Gasteiger charge is 2.26. The van der Waals surface area contributed by atoms with Crippen LogP contribution in [0.1, 0.15) is 12.5 Å². The van der Waals surface area contributed by atoms with E-state index in [0.717, 1.165) is 5.56 Å². The number of nitrogens with one attached hydrogen (secondary N) is 1. The highest BCUT2D eigenvalue weighted by molar-refractivity contribution is 7.89. The van der Waals surface area contributed by atoms with E-state index in [1.54, 1.807) is 42.6 Å². The minimum Gasteiger partial charge on any atom is -0.504 e. The molecule has 11 heteroatoms. The first-order valence-corrected chi connectivity index (χ1v) is 12.7. The number of ether oxygens (including phenoxy) is 2. The van der Waals surface area contributed by atoms with Crippen molar-refractivity contribution in [2.75, 3.05) is 38.3 Å². The Morgan fingerprint density at radius 2 is 2.09 bits per heavy atom. The summed E-state index contributed by atoms with van der Waals surface area (Å²) in [5.41, 5.74) is 4.99. The number of sulfonamides is 1. The molecule has 3 aromatic rings. The van der Waals surface area contributed by atoms with Gasteiger partial charge < -0.3 is 14.6 Å². The third-order valence-corrected chi connectivity index (χ3v) is 7.54. The van der Waals surface area contributed by atoms with Gasteiger partial charge in [-0.1, -0.05) is 12.1 Å². The van der Waals surface area contributed by atoms with Gasteiger partial charge in [-0.2, -0.15) is 9.41 Å². The predicted molar refractivity (Wildman–Crippen MR) is 128 cm³/mol. The zero-order chi connectivity index (χ0) is 23.3. The molecule has 0 aliphatic carbocycles. The second kappa shape index (κ2) is 10.3. The Morgan fingerprint density at radius 3 is 2.88 bits per heavy atom. The number of benzene rings is 2. The van der Waals surface area contributed by atoms with Crippen molar-refractivity contribution in [1.29, 1.82) is 0 Å². The maximum absolute atomic E-state index is 12.9. The van der Waals surface area contributed by atoms with Crippen molar-refractivity contribution in [3.05, 3.63) is 53.4 Å². The minimum absolute atomic E-state index is 0.0735. The van der Waals surface area contributed by atoms with Crippen LogP contribution in [0.25, 0.3) is 11.3 Å². The summed E-state index contributed by atoms with van der Waals surface area (Å²) in [6.45, 7) is 3.79. The van der Waals surface area contributed by atoms with E-state index in [0.29, 0.717) is 55.0 Å². The van der Waals surface area contributed by atoms with Crippen molar-refractivity contribution in [3.63, 3.8) is 0 Å². The number of phenols is 1. The van der Waals surface area contributed by atoms with Crippen molar-refractivity contribution in [1.82, 2.24) is 9.29 Å². The van der Waals surface area contributed by atoms with Gasteiger partial charge in [0, 0.05) is 24.0 Å². The molecular formula is C22H24N4O5S2. The average molecular weight is 489 g/mol. The lowest BCUT2D eigenvalue weighted by Crippen LogP contribution is -2.40. The molecule has 1 fully saturated rings. The van der Waals surface area contributed by atoms with Crippen LogP contribution in [0.15, 0.2) is 57.8 Å². The third-order valence-electron chi connectivity index (χ3n) is 4.90. The standard InChI is InChI=1S/C22H24N4O5S2/c1-2-31-21-12-16(6-7-20(21)27)14-23-25-22-24-19(15-32-22)17-4-3-5-18(13-17)33(28,29)26-8-10-30-11-9-26/h3-7,12-15,27H,2,8-11H2,1H3,(H,24,25). The van der Waals surface area contributed by atoms with Gasteiger partial charge in [-0.15, -0.1) is 11.3 Å². The summed E-state index contributed by atoms with van der Waals surface area (Å²) >= 11 is 1.36. The smallest absolute Gasteiger partial charge is 0.243 e. The predicted octanol–water partition coefficient (Wildman–Crippen LogP) is 3.38. The fourth-order valence-corrected chi connectivity index (χ4v) is 5.38. The Labute approximate surface area is 196 Å². The molecule has 0 radical (unpaired) electrons. The van der Waals surface area contributed by atoms with Gasteiger partial charge in [-0.3, -0.25) is 5.43 Å². The molecule has 0 bridgehead atoms. The van der Waals surface area contributed by atoms with E-state index in [9.17, 15) is 13.5 Å². The van der Waals surface area contributed by atoms with Gasteiger partial charge in [0.05, 0.1) is 36.6 Å². The number of phenolic OH excluding ortho intramolecular Hbond substituents is 1. The number of hydrogen-bond acceptors (Lipinski definition) is 9. The summed E-state index contributed by atoms with van der Waals surface area (Å²) in [6.07, 6.45) is 1.60. The first kappa shape index (κ1) is 23.2. The van der Waals surface area contributed by atoms with Crippen LogP contribution in [-0.2, 0) is 14.8 Å². The number of hydrazone groups is 1. The highest BCUT2D eigenvalue weighted by atomic mass is 32.2. The molecule has 2 N–H and O–H groups in total. The summed E-state index contributed by atoms with van der Waals surface area (Å²) in [5, 5.41) is 16.4. The molecule has 1 aliphatic heterocycles. The van der Waals surface area contributed by atoms with E-state index in [1.165, 1.54) is 15.6 Å². The minimum atomic E-state index is -3.58. The Bertz CT molecular complexity index is 1240. The Hall–Kier alpha value is -2.99. The summed E-state index contributed by atoms with van der Waals surface area (Å²) in [5.74, 6) is 0.467. The van der Waals surface area contributed by atoms with E-state index in [-0.39, 0.29) is 10.6 Å². The fourth-order valence-electron chi connectivity index (χ4n) is 3.25. The lowest BCUT2D eigenvalue weighted by atomic mass is 10.2. The topological polar surface area (TPSA) is 113 Å². The number of nitrogens with zero attached hydrogens (tertiary/aromatic N) is 3. The second-order valence-corrected chi connectivity index (χ2v) is 9.91. The van der Waals surface area contributed by atoms with Gasteiger partial charge in [-0.05, 0) is 42.8 Å². The molecule has 2 aromatic carbocycles. The van der Waals surface area contributed by atoms with Crippen molar-refractivity contribution in [2.45, 2.75) is 11.8 Å². The molecule has 0 atom stereocenters. The van der Waals surface area contributed by atoms with Crippen LogP contribution in [0.4, 0.5) is 5.13 Å². The highest BCUT2D eigenvalue weighted by Crippen LogP contribution is 2.28. The van der Waals surface area contributed by atoms with Crippen LogP contribution >= 0.6 is 11.3 Å². The Morgan fingerprint density at radius 1 is 1.27 bits per heavy atom. The number of aromatic nitrogens is 1. The molecule has 4 rings (SSSR count). The fraction of sp³-hybridized carbons (Fsp3) is 0.273. The molecular weight excluding hydrogens is 464 g/mol. The van der Waals surface area contributed by atoms with Crippen LogP contribution in [-0.4, -0.2) is 61.9 Å². The SMILES string of the molecule is CCOc1cc(C=NNc2nc(-c3cccc(S(=O)(=O)N4CCOCC4)c3)cs2)ccc1O. The zero-order valence-electron chi connectivity index (χ0n) is 18.0. The van der Waals surface area contributed by atoms with Crippen LogP contribution in [0, 0.1) is 0 Å². The number of rotatable bonds is 8. The van der Waals surface area contributed by atoms with Crippen molar-refractivity contribution in [2.24, 2.45) is 5.10 Å². The van der Waals surface area contributed by atoms with E-state index in [4.69, 9.17) is 9.47 Å². The normalized spacial score (nSPS) is 15.1. The lowest BCUT2D eigenvalue weighted by molar-refractivity contribution is 0.0730. The van der Waals surface area contributed by atoms with Gasteiger partial charge in [0.1, 0.15) is 0 Å². The summed E-state index contributed by atoms with van der Waals surface area (Å²) in [6, 6.07) is 11.7. The van der Waals surface area contributed by atoms with E-state index >= 15 is 0 Å². The number of hydrogen-bond donors (Lipinski definition) is 2. The molecule has 174 valence electrons. The molecule has 33 heavy (non-hydrogen) atoms. The Balaban J connectivity index is 1.46. The van der Waals surface area contributed by atoms with Crippen molar-refractivity contribution < 1.29 is 23.0 Å². The lowest BCUT2D eigenvalue weighted by Gasteiger charge is -2.26. The number of anilines is 1. The number of morpholine rings is 1. The van der Waals surface area contributed by atoms with Crippen LogP contribution in [0.5, 0.6) is 11.5 Å². The average Bonchev–Trinajstić information content (AvgIpc) is 3.31. The molecule has 1 aromatic heterocycles. The first-order chi connectivity index (χ1) is 16.0. The molecule has 9 nitrogen and oxygen atoms in total. The second-order valence-electron chi connectivity index (χ2n) is 7.11. The maximum Gasteiger partial charge on any atom is 0.243 e. The quantitative estimate of drug-likeness (QED) is 0.369. The molecule has 0 amide bonds. The van der Waals surface area contributed by atoms with Crippen LogP contribution < -0.4 is 10.2 Å². The summed E-state index contributed by atoms with van der Waals surface area (Å²) < 4.78 is 37.9. The van der Waals surface area contributed by atoms with Crippen LogP contribution in [0.3, 0.4) is 0 Å². The van der Waals surface area contributed by atoms with Gasteiger partial charge in [0.15, 0.2) is 11.5 Å². The van der Waals surface area contributed by atoms with Gasteiger partial charge in [-0.25, -0.2) is 13.4 Å². The molecule has 0 unspecified atom stereocenters. The molecule has 0 saturated carbocycles. The molecule has 2 heterocycles. The van der Waals surface area contributed by atoms with Crippen molar-refractivity contribution >= 4 is 32.7 Å². The van der Waals surface area contributed by atoms with Gasteiger partial charge in [0.2, 0.25) is 15.2 Å². The first-order valence-electron chi connectivity index (χ1n) is 10.4. The number of thiazole rings is 1. The van der Waals surface area contributed by atoms with Gasteiger partial charge in [0.25, 0.3) is 0 Å². The van der Waals surface area contributed by atoms with E-state index in [1.807, 2.05) is 18.4 Å². The van der Waals surface area contributed by atoms with Gasteiger partial charge >= 0.3 is 0 Å². The third kappa shape index (κ3) is 5.50. The molecule has 1 saturated heterocycles. The molecule has 1 aliphatic rings. The summed E-state index contributed by atoms with van der Waals surface area (Å²) in [4.78, 5) is 4.74. The summed E-state index contributed by atoms with van der Waals surface area (Å²) in [7, 11) is -3.58. The monoisotopic (exact) mass is 488 g/mol. The largest absolute Gasteiger partial charge is 0.504 e. The van der Waals surface area contributed by atoms with E-state index < -0.39 is 10.0 Å². The zero-order valence-corrected chi connectivity index (χ0v) is 19.6. The Kier molecular flexibility index (Phi) is 7.23. The van der Waals surface area contributed by atoms with Crippen molar-refractivity contribution in [3.8, 4) is 22.8 Å². The maximum atomic E-state index is 12.9.